The van der Waals surface area contributed by atoms with Gasteiger partial charge in [0, 0.05) is 18.5 Å². The average molecular weight is 282 g/mol. The van der Waals surface area contributed by atoms with E-state index in [0.717, 1.165) is 38.0 Å². The summed E-state index contributed by atoms with van der Waals surface area (Å²) in [6, 6.07) is 0.181. The van der Waals surface area contributed by atoms with Gasteiger partial charge in [-0.1, -0.05) is 46.0 Å². The summed E-state index contributed by atoms with van der Waals surface area (Å²) in [4.78, 5) is 12.3. The van der Waals surface area contributed by atoms with Crippen LogP contribution in [0.5, 0.6) is 0 Å². The highest BCUT2D eigenvalue weighted by molar-refractivity contribution is 5.79. The lowest BCUT2D eigenvalue weighted by atomic mass is 9.79. The van der Waals surface area contributed by atoms with Crippen LogP contribution in [0, 0.1) is 11.8 Å². The first-order chi connectivity index (χ1) is 9.71. The summed E-state index contributed by atoms with van der Waals surface area (Å²) in [6.07, 6.45) is 11.9. The van der Waals surface area contributed by atoms with E-state index in [2.05, 4.69) is 19.2 Å². The molecule has 1 rings (SSSR count). The lowest BCUT2D eigenvalue weighted by Crippen LogP contribution is -2.43. The Labute approximate surface area is 125 Å². The molecule has 0 heterocycles. The minimum atomic E-state index is 0.181. The second-order valence-corrected chi connectivity index (χ2v) is 6.44. The summed E-state index contributed by atoms with van der Waals surface area (Å²) in [7, 11) is 0. The molecule has 3 heteroatoms. The van der Waals surface area contributed by atoms with E-state index in [-0.39, 0.29) is 17.9 Å². The van der Waals surface area contributed by atoms with Crippen LogP contribution in [0.15, 0.2) is 0 Å². The van der Waals surface area contributed by atoms with Crippen molar-refractivity contribution in [3.63, 3.8) is 0 Å². The molecule has 0 spiro atoms. The van der Waals surface area contributed by atoms with Gasteiger partial charge in [0.15, 0.2) is 0 Å². The Balaban J connectivity index is 2.27. The second kappa shape index (κ2) is 10.2. The molecule has 118 valence electrons. The van der Waals surface area contributed by atoms with E-state index in [1.165, 1.54) is 32.1 Å². The molecule has 0 aromatic heterocycles. The molecule has 1 atom stereocenters. The van der Waals surface area contributed by atoms with Crippen LogP contribution in [-0.2, 0) is 4.79 Å². The van der Waals surface area contributed by atoms with Gasteiger partial charge >= 0.3 is 0 Å². The molecule has 1 aliphatic carbocycles. The SMILES string of the molecule is CCCCC1CCC(C(=O)NC(CN)CCCC)CC1. The summed E-state index contributed by atoms with van der Waals surface area (Å²) in [6.45, 7) is 4.99. The number of hydrogen-bond donors (Lipinski definition) is 2. The van der Waals surface area contributed by atoms with Crippen molar-refractivity contribution in [2.24, 2.45) is 17.6 Å². The van der Waals surface area contributed by atoms with Crippen LogP contribution in [0.3, 0.4) is 0 Å². The Morgan fingerprint density at radius 3 is 2.35 bits per heavy atom. The van der Waals surface area contributed by atoms with Crippen LogP contribution in [0.1, 0.15) is 78.1 Å². The molecule has 1 aliphatic rings. The van der Waals surface area contributed by atoms with Crippen LogP contribution in [0.25, 0.3) is 0 Å². The van der Waals surface area contributed by atoms with Crippen molar-refractivity contribution in [1.82, 2.24) is 5.32 Å². The summed E-state index contributed by atoms with van der Waals surface area (Å²) in [5.74, 6) is 1.36. The normalized spacial score (nSPS) is 24.4. The van der Waals surface area contributed by atoms with Crippen molar-refractivity contribution in [1.29, 1.82) is 0 Å². The van der Waals surface area contributed by atoms with Gasteiger partial charge in [0.25, 0.3) is 0 Å². The van der Waals surface area contributed by atoms with Gasteiger partial charge in [-0.05, 0) is 38.0 Å². The molecule has 1 saturated carbocycles. The molecule has 0 aromatic carbocycles. The number of rotatable bonds is 9. The van der Waals surface area contributed by atoms with Crippen molar-refractivity contribution in [2.75, 3.05) is 6.54 Å². The van der Waals surface area contributed by atoms with Crippen molar-refractivity contribution < 1.29 is 4.79 Å². The van der Waals surface area contributed by atoms with E-state index < -0.39 is 0 Å². The lowest BCUT2D eigenvalue weighted by molar-refractivity contribution is -0.127. The number of carbonyl (C=O) groups excluding carboxylic acids is 1. The average Bonchev–Trinajstić information content (AvgIpc) is 2.49. The number of carbonyl (C=O) groups is 1. The first kappa shape index (κ1) is 17.5. The lowest BCUT2D eigenvalue weighted by Gasteiger charge is -2.29. The molecule has 0 saturated heterocycles. The number of unbranched alkanes of at least 4 members (excludes halogenated alkanes) is 2. The summed E-state index contributed by atoms with van der Waals surface area (Å²) in [5.41, 5.74) is 5.75. The van der Waals surface area contributed by atoms with Gasteiger partial charge in [-0.25, -0.2) is 0 Å². The largest absolute Gasteiger partial charge is 0.352 e. The fourth-order valence-corrected chi connectivity index (χ4v) is 3.22. The number of nitrogens with two attached hydrogens (primary N) is 1. The summed E-state index contributed by atoms with van der Waals surface area (Å²) >= 11 is 0. The van der Waals surface area contributed by atoms with Crippen molar-refractivity contribution in [3.05, 3.63) is 0 Å². The quantitative estimate of drug-likeness (QED) is 0.678. The zero-order chi connectivity index (χ0) is 14.8. The molecule has 0 aromatic rings. The van der Waals surface area contributed by atoms with Crippen molar-refractivity contribution >= 4 is 5.91 Å². The highest BCUT2D eigenvalue weighted by Gasteiger charge is 2.26. The molecule has 1 fully saturated rings. The van der Waals surface area contributed by atoms with Gasteiger partial charge in [0.05, 0.1) is 0 Å². The summed E-state index contributed by atoms with van der Waals surface area (Å²) < 4.78 is 0. The number of nitrogens with one attached hydrogen (secondary N) is 1. The Hall–Kier alpha value is -0.570. The van der Waals surface area contributed by atoms with Crippen LogP contribution in [-0.4, -0.2) is 18.5 Å². The first-order valence-corrected chi connectivity index (χ1v) is 8.71. The Morgan fingerprint density at radius 1 is 1.15 bits per heavy atom. The molecule has 0 radical (unpaired) electrons. The zero-order valence-corrected chi connectivity index (χ0v) is 13.5. The molecule has 3 N–H and O–H groups in total. The van der Waals surface area contributed by atoms with Gasteiger partial charge in [-0.3, -0.25) is 4.79 Å². The molecule has 0 bridgehead atoms. The van der Waals surface area contributed by atoms with Gasteiger partial charge in [-0.2, -0.15) is 0 Å². The first-order valence-electron chi connectivity index (χ1n) is 8.71. The van der Waals surface area contributed by atoms with Crippen LogP contribution in [0.4, 0.5) is 0 Å². The summed E-state index contributed by atoms with van der Waals surface area (Å²) in [5, 5.41) is 3.17. The highest BCUT2D eigenvalue weighted by atomic mass is 16.1. The topological polar surface area (TPSA) is 55.1 Å². The predicted octanol–water partition coefficient (Wildman–Crippen LogP) is 3.62. The predicted molar refractivity (Wildman–Crippen MR) is 85.5 cm³/mol. The monoisotopic (exact) mass is 282 g/mol. The minimum Gasteiger partial charge on any atom is -0.352 e. The Morgan fingerprint density at radius 2 is 1.80 bits per heavy atom. The molecular formula is C17H34N2O. The molecule has 1 unspecified atom stereocenters. The van der Waals surface area contributed by atoms with Crippen LogP contribution < -0.4 is 11.1 Å². The van der Waals surface area contributed by atoms with E-state index in [0.29, 0.717) is 6.54 Å². The van der Waals surface area contributed by atoms with Gasteiger partial charge < -0.3 is 11.1 Å². The second-order valence-electron chi connectivity index (χ2n) is 6.44. The minimum absolute atomic E-state index is 0.181. The molecule has 0 aliphatic heterocycles. The molecule has 3 nitrogen and oxygen atoms in total. The van der Waals surface area contributed by atoms with Gasteiger partial charge in [0.2, 0.25) is 5.91 Å². The van der Waals surface area contributed by atoms with E-state index in [1.54, 1.807) is 0 Å². The molecular weight excluding hydrogens is 248 g/mol. The van der Waals surface area contributed by atoms with Crippen molar-refractivity contribution in [2.45, 2.75) is 84.1 Å². The smallest absolute Gasteiger partial charge is 0.223 e. The van der Waals surface area contributed by atoms with E-state index in [1.807, 2.05) is 0 Å². The number of hydrogen-bond acceptors (Lipinski definition) is 2. The van der Waals surface area contributed by atoms with Crippen molar-refractivity contribution in [3.8, 4) is 0 Å². The van der Waals surface area contributed by atoms with Gasteiger partial charge in [0.1, 0.15) is 0 Å². The molecule has 20 heavy (non-hydrogen) atoms. The zero-order valence-electron chi connectivity index (χ0n) is 13.5. The third-order valence-corrected chi connectivity index (χ3v) is 4.72. The maximum Gasteiger partial charge on any atom is 0.223 e. The van der Waals surface area contributed by atoms with E-state index >= 15 is 0 Å². The highest BCUT2D eigenvalue weighted by Crippen LogP contribution is 2.32. The third kappa shape index (κ3) is 6.25. The van der Waals surface area contributed by atoms with Crippen LogP contribution in [0.2, 0.25) is 0 Å². The van der Waals surface area contributed by atoms with Gasteiger partial charge in [-0.15, -0.1) is 0 Å². The Bertz CT molecular complexity index is 260. The third-order valence-electron chi connectivity index (χ3n) is 4.72. The molecule has 1 amide bonds. The van der Waals surface area contributed by atoms with E-state index in [9.17, 15) is 4.79 Å². The standard InChI is InChI=1S/C17H34N2O/c1-3-5-7-14-9-11-15(12-10-14)17(20)19-16(13-18)8-6-4-2/h14-16H,3-13,18H2,1-2H3,(H,19,20). The fourth-order valence-electron chi connectivity index (χ4n) is 3.22. The van der Waals surface area contributed by atoms with E-state index in [4.69, 9.17) is 5.73 Å². The number of amides is 1. The van der Waals surface area contributed by atoms with Crippen LogP contribution >= 0.6 is 0 Å². The maximum absolute atomic E-state index is 12.3. The maximum atomic E-state index is 12.3. The Kier molecular flexibility index (Phi) is 8.92. The fraction of sp³-hybridized carbons (Fsp3) is 0.941.